The highest BCUT2D eigenvalue weighted by atomic mass is 14.5. The molecule has 0 unspecified atom stereocenters. The van der Waals surface area contributed by atoms with Gasteiger partial charge < -0.3 is 10.8 Å². The summed E-state index contributed by atoms with van der Waals surface area (Å²) in [6.07, 6.45) is 6.46. The third-order valence-electron chi connectivity index (χ3n) is 3.62. The molecular formula is C13H22N2. The molecule has 0 spiro atoms. The maximum atomic E-state index is 7.99. The first-order chi connectivity index (χ1) is 6.99. The van der Waals surface area contributed by atoms with Crippen LogP contribution in [-0.2, 0) is 0 Å². The van der Waals surface area contributed by atoms with E-state index in [4.69, 9.17) is 10.8 Å². The summed E-state index contributed by atoms with van der Waals surface area (Å²) in [5.41, 5.74) is 2.50. The van der Waals surface area contributed by atoms with Crippen LogP contribution >= 0.6 is 0 Å². The normalized spacial score (nSPS) is 18.0. The Kier molecular flexibility index (Phi) is 3.83. The quantitative estimate of drug-likeness (QED) is 0.618. The van der Waals surface area contributed by atoms with Crippen molar-refractivity contribution in [1.82, 2.24) is 0 Å². The van der Waals surface area contributed by atoms with Crippen molar-refractivity contribution >= 4 is 11.4 Å². The fraction of sp³-hybridized carbons (Fsp3) is 0.692. The van der Waals surface area contributed by atoms with Gasteiger partial charge >= 0.3 is 0 Å². The van der Waals surface area contributed by atoms with Crippen LogP contribution in [0, 0.1) is 16.2 Å². The summed E-state index contributed by atoms with van der Waals surface area (Å²) < 4.78 is 0. The molecule has 84 valence electrons. The van der Waals surface area contributed by atoms with E-state index in [0.29, 0.717) is 23.3 Å². The van der Waals surface area contributed by atoms with Gasteiger partial charge in [-0.25, -0.2) is 0 Å². The van der Waals surface area contributed by atoms with Crippen molar-refractivity contribution in [3.8, 4) is 0 Å². The fourth-order valence-electron chi connectivity index (χ4n) is 2.26. The van der Waals surface area contributed by atoms with Crippen LogP contribution in [0.15, 0.2) is 12.2 Å². The zero-order chi connectivity index (χ0) is 11.5. The van der Waals surface area contributed by atoms with Gasteiger partial charge in [0.2, 0.25) is 0 Å². The van der Waals surface area contributed by atoms with E-state index in [1.165, 1.54) is 25.7 Å². The minimum absolute atomic E-state index is 0.399. The van der Waals surface area contributed by atoms with Gasteiger partial charge in [0.05, 0.1) is 0 Å². The molecule has 0 radical (unpaired) electrons. The molecule has 15 heavy (non-hydrogen) atoms. The van der Waals surface area contributed by atoms with Crippen LogP contribution in [0.2, 0.25) is 0 Å². The highest BCUT2D eigenvalue weighted by molar-refractivity contribution is 6.02. The van der Waals surface area contributed by atoms with Crippen LogP contribution in [0.3, 0.4) is 0 Å². The topological polar surface area (TPSA) is 47.7 Å². The molecule has 2 N–H and O–H groups in total. The number of rotatable bonds is 6. The summed E-state index contributed by atoms with van der Waals surface area (Å²) in [5.74, 6) is 0. The molecule has 0 aromatic rings. The number of nitrogens with one attached hydrogen (secondary N) is 2. The standard InChI is InChI=1S/C13H22N2/c1-4-13(6-5-7-13)9-12(15)10(2)8-11(3)14/h14-15H,2,4-9H2,1,3H3. The average molecular weight is 206 g/mol. The molecular weight excluding hydrogens is 184 g/mol. The molecule has 0 amide bonds. The lowest BCUT2D eigenvalue weighted by Gasteiger charge is -2.41. The Morgan fingerprint density at radius 3 is 2.27 bits per heavy atom. The largest absolute Gasteiger partial charge is 0.310 e. The maximum Gasteiger partial charge on any atom is 0.0349 e. The van der Waals surface area contributed by atoms with Crippen molar-refractivity contribution in [1.29, 1.82) is 10.8 Å². The summed E-state index contributed by atoms with van der Waals surface area (Å²) in [5, 5.41) is 15.4. The predicted molar refractivity (Wildman–Crippen MR) is 66.1 cm³/mol. The van der Waals surface area contributed by atoms with E-state index < -0.39 is 0 Å². The first-order valence-electron chi connectivity index (χ1n) is 5.79. The Morgan fingerprint density at radius 1 is 1.33 bits per heavy atom. The average Bonchev–Trinajstić information content (AvgIpc) is 2.09. The molecule has 0 heterocycles. The smallest absolute Gasteiger partial charge is 0.0349 e. The number of hydrogen-bond acceptors (Lipinski definition) is 2. The van der Waals surface area contributed by atoms with E-state index >= 15 is 0 Å². The van der Waals surface area contributed by atoms with Crippen LogP contribution < -0.4 is 0 Å². The molecule has 0 aromatic carbocycles. The van der Waals surface area contributed by atoms with Crippen molar-refractivity contribution in [2.45, 2.75) is 52.4 Å². The Morgan fingerprint density at radius 2 is 1.93 bits per heavy atom. The molecule has 0 bridgehead atoms. The van der Waals surface area contributed by atoms with Crippen LogP contribution in [0.25, 0.3) is 0 Å². The molecule has 2 nitrogen and oxygen atoms in total. The lowest BCUT2D eigenvalue weighted by Crippen LogP contribution is -2.31. The molecule has 1 saturated carbocycles. The molecule has 1 aliphatic carbocycles. The summed E-state index contributed by atoms with van der Waals surface area (Å²) in [7, 11) is 0. The van der Waals surface area contributed by atoms with Gasteiger partial charge in [-0.2, -0.15) is 0 Å². The zero-order valence-electron chi connectivity index (χ0n) is 9.95. The van der Waals surface area contributed by atoms with Crippen molar-refractivity contribution < 1.29 is 0 Å². The van der Waals surface area contributed by atoms with Gasteiger partial charge in [-0.05, 0) is 37.2 Å². The molecule has 0 aromatic heterocycles. The summed E-state index contributed by atoms with van der Waals surface area (Å²) in [6, 6.07) is 0. The van der Waals surface area contributed by atoms with Crippen molar-refractivity contribution in [2.24, 2.45) is 5.41 Å². The van der Waals surface area contributed by atoms with Crippen molar-refractivity contribution in [2.75, 3.05) is 0 Å². The van der Waals surface area contributed by atoms with Crippen molar-refractivity contribution in [3.63, 3.8) is 0 Å². The number of hydrogen-bond donors (Lipinski definition) is 2. The predicted octanol–water partition coefficient (Wildman–Crippen LogP) is 3.96. The van der Waals surface area contributed by atoms with Gasteiger partial charge in [0.1, 0.15) is 0 Å². The monoisotopic (exact) mass is 206 g/mol. The molecule has 0 aliphatic heterocycles. The van der Waals surface area contributed by atoms with E-state index in [0.717, 1.165) is 12.0 Å². The fourth-order valence-corrected chi connectivity index (χ4v) is 2.26. The molecule has 1 aliphatic rings. The zero-order valence-corrected chi connectivity index (χ0v) is 9.95. The van der Waals surface area contributed by atoms with Crippen LogP contribution in [0.4, 0.5) is 0 Å². The first kappa shape index (κ1) is 12.2. The summed E-state index contributed by atoms with van der Waals surface area (Å²) in [4.78, 5) is 0. The van der Waals surface area contributed by atoms with E-state index in [2.05, 4.69) is 13.5 Å². The maximum absolute atomic E-state index is 7.99. The second kappa shape index (κ2) is 4.73. The van der Waals surface area contributed by atoms with E-state index in [1.807, 2.05) is 0 Å². The van der Waals surface area contributed by atoms with Gasteiger partial charge in [0.15, 0.2) is 0 Å². The lowest BCUT2D eigenvalue weighted by atomic mass is 9.63. The molecule has 0 atom stereocenters. The van der Waals surface area contributed by atoms with E-state index in [9.17, 15) is 0 Å². The van der Waals surface area contributed by atoms with Gasteiger partial charge in [0, 0.05) is 17.8 Å². The second-order valence-electron chi connectivity index (χ2n) is 4.92. The molecule has 0 saturated heterocycles. The Bertz CT molecular complexity index is 279. The van der Waals surface area contributed by atoms with Gasteiger partial charge in [0.25, 0.3) is 0 Å². The van der Waals surface area contributed by atoms with E-state index in [1.54, 1.807) is 6.92 Å². The molecule has 1 fully saturated rings. The van der Waals surface area contributed by atoms with Gasteiger partial charge in [-0.1, -0.05) is 26.3 Å². The van der Waals surface area contributed by atoms with Crippen LogP contribution in [0.5, 0.6) is 0 Å². The Hall–Kier alpha value is -0.920. The highest BCUT2D eigenvalue weighted by Gasteiger charge is 2.36. The summed E-state index contributed by atoms with van der Waals surface area (Å²) in [6.45, 7) is 7.90. The van der Waals surface area contributed by atoms with Crippen molar-refractivity contribution in [3.05, 3.63) is 12.2 Å². The molecule has 2 heteroatoms. The minimum atomic E-state index is 0.399. The SMILES string of the molecule is C=C(CC(C)=N)C(=N)CC1(CC)CCC1. The summed E-state index contributed by atoms with van der Waals surface area (Å²) >= 11 is 0. The highest BCUT2D eigenvalue weighted by Crippen LogP contribution is 2.47. The Balaban J connectivity index is 2.47. The van der Waals surface area contributed by atoms with Gasteiger partial charge in [-0.3, -0.25) is 0 Å². The third-order valence-corrected chi connectivity index (χ3v) is 3.62. The van der Waals surface area contributed by atoms with E-state index in [-0.39, 0.29) is 0 Å². The van der Waals surface area contributed by atoms with Gasteiger partial charge in [-0.15, -0.1) is 0 Å². The Labute approximate surface area is 92.8 Å². The molecule has 1 rings (SSSR count). The van der Waals surface area contributed by atoms with Crippen LogP contribution in [0.1, 0.15) is 52.4 Å². The first-order valence-corrected chi connectivity index (χ1v) is 5.79. The second-order valence-corrected chi connectivity index (χ2v) is 4.92. The van der Waals surface area contributed by atoms with Crippen LogP contribution in [-0.4, -0.2) is 11.4 Å². The number of allylic oxidation sites excluding steroid dienone is 1. The lowest BCUT2D eigenvalue weighted by molar-refractivity contribution is 0.137. The minimum Gasteiger partial charge on any atom is -0.310 e. The third kappa shape index (κ3) is 3.01.